The molecule has 1 fully saturated rings. The van der Waals surface area contributed by atoms with E-state index in [9.17, 15) is 8.42 Å². The van der Waals surface area contributed by atoms with Crippen LogP contribution in [0.15, 0.2) is 0 Å². The Hall–Kier alpha value is -0.600. The monoisotopic (exact) mass is 216 g/mol. The molecule has 0 aromatic carbocycles. The fourth-order valence-corrected chi connectivity index (χ4v) is 3.47. The van der Waals surface area contributed by atoms with Gasteiger partial charge < -0.3 is 0 Å². The van der Waals surface area contributed by atoms with Gasteiger partial charge in [0.2, 0.25) is 10.0 Å². The molecule has 0 aliphatic heterocycles. The van der Waals surface area contributed by atoms with Gasteiger partial charge >= 0.3 is 0 Å². The van der Waals surface area contributed by atoms with Crippen LogP contribution in [0.3, 0.4) is 0 Å². The lowest BCUT2D eigenvalue weighted by molar-refractivity contribution is 0.380. The molecule has 1 N–H and O–H groups in total. The zero-order valence-electron chi connectivity index (χ0n) is 8.36. The standard InChI is InChI=1S/C9H16N2O2S/c1-8-3-2-4-9(7-8)14(12,13)11-6-5-10/h8-9,11H,2-4,6-7H2,1H3. The van der Waals surface area contributed by atoms with Gasteiger partial charge in [-0.05, 0) is 18.8 Å². The number of hydrogen-bond acceptors (Lipinski definition) is 3. The summed E-state index contributed by atoms with van der Waals surface area (Å²) in [4.78, 5) is 0. The Balaban J connectivity index is 2.58. The molecule has 1 saturated carbocycles. The SMILES string of the molecule is CC1CCCC(S(=O)(=O)NCC#N)C1. The van der Waals surface area contributed by atoms with Gasteiger partial charge in [-0.25, -0.2) is 13.1 Å². The van der Waals surface area contributed by atoms with E-state index in [1.165, 1.54) is 0 Å². The molecular formula is C9H16N2O2S. The zero-order chi connectivity index (χ0) is 10.6. The van der Waals surface area contributed by atoms with Crippen molar-refractivity contribution in [1.29, 1.82) is 5.26 Å². The summed E-state index contributed by atoms with van der Waals surface area (Å²) in [6.07, 6.45) is 3.54. The van der Waals surface area contributed by atoms with E-state index < -0.39 is 10.0 Å². The molecule has 1 aliphatic carbocycles. The summed E-state index contributed by atoms with van der Waals surface area (Å²) in [7, 11) is -3.25. The summed E-state index contributed by atoms with van der Waals surface area (Å²) in [6, 6.07) is 1.78. The van der Waals surface area contributed by atoms with Gasteiger partial charge in [-0.15, -0.1) is 0 Å². The Morgan fingerprint density at radius 2 is 2.21 bits per heavy atom. The van der Waals surface area contributed by atoms with E-state index in [1.807, 2.05) is 0 Å². The predicted molar refractivity (Wildman–Crippen MR) is 54.0 cm³/mol. The lowest BCUT2D eigenvalue weighted by atomic mass is 9.91. The van der Waals surface area contributed by atoms with Crippen molar-refractivity contribution in [3.05, 3.63) is 0 Å². The molecule has 4 nitrogen and oxygen atoms in total. The fourth-order valence-electron chi connectivity index (χ4n) is 1.91. The number of nitrogens with zero attached hydrogens (tertiary/aromatic N) is 1. The second kappa shape index (κ2) is 4.76. The van der Waals surface area contributed by atoms with E-state index in [-0.39, 0.29) is 11.8 Å². The van der Waals surface area contributed by atoms with Crippen LogP contribution in [0.2, 0.25) is 0 Å². The van der Waals surface area contributed by atoms with E-state index in [0.29, 0.717) is 5.92 Å². The van der Waals surface area contributed by atoms with Crippen LogP contribution in [-0.4, -0.2) is 20.2 Å². The number of rotatable bonds is 3. The second-order valence-electron chi connectivity index (χ2n) is 3.92. The van der Waals surface area contributed by atoms with Crippen LogP contribution in [0.25, 0.3) is 0 Å². The highest BCUT2D eigenvalue weighted by Gasteiger charge is 2.29. The summed E-state index contributed by atoms with van der Waals surface area (Å²) < 4.78 is 25.6. The number of hydrogen-bond donors (Lipinski definition) is 1. The summed E-state index contributed by atoms with van der Waals surface area (Å²) in [6.45, 7) is 1.96. The first kappa shape index (κ1) is 11.5. The summed E-state index contributed by atoms with van der Waals surface area (Å²) in [5.41, 5.74) is 0. The molecule has 0 aromatic rings. The predicted octanol–water partition coefficient (Wildman–Crippen LogP) is 1.01. The van der Waals surface area contributed by atoms with E-state index >= 15 is 0 Å². The molecule has 0 bridgehead atoms. The van der Waals surface area contributed by atoms with Crippen LogP contribution in [0, 0.1) is 17.2 Å². The topological polar surface area (TPSA) is 70.0 Å². The van der Waals surface area contributed by atoms with Crippen LogP contribution in [0.1, 0.15) is 32.6 Å². The van der Waals surface area contributed by atoms with Crippen LogP contribution < -0.4 is 4.72 Å². The molecule has 2 atom stereocenters. The van der Waals surface area contributed by atoms with Crippen LogP contribution in [-0.2, 0) is 10.0 Å². The van der Waals surface area contributed by atoms with Crippen molar-refractivity contribution >= 4 is 10.0 Å². The molecule has 14 heavy (non-hydrogen) atoms. The molecule has 1 aliphatic rings. The lowest BCUT2D eigenvalue weighted by Gasteiger charge is -2.26. The van der Waals surface area contributed by atoms with E-state index in [2.05, 4.69) is 11.6 Å². The fraction of sp³-hybridized carbons (Fsp3) is 0.889. The third kappa shape index (κ3) is 2.96. The Kier molecular flexibility index (Phi) is 3.90. The van der Waals surface area contributed by atoms with Crippen molar-refractivity contribution in [3.63, 3.8) is 0 Å². The third-order valence-electron chi connectivity index (χ3n) is 2.68. The van der Waals surface area contributed by atoms with E-state index in [1.54, 1.807) is 6.07 Å². The first-order chi connectivity index (χ1) is 6.56. The van der Waals surface area contributed by atoms with Crippen molar-refractivity contribution in [2.45, 2.75) is 37.9 Å². The van der Waals surface area contributed by atoms with E-state index in [0.717, 1.165) is 25.7 Å². The van der Waals surface area contributed by atoms with Crippen molar-refractivity contribution in [2.24, 2.45) is 5.92 Å². The van der Waals surface area contributed by atoms with Gasteiger partial charge in [0.1, 0.15) is 0 Å². The summed E-state index contributed by atoms with van der Waals surface area (Å²) in [5.74, 6) is 0.479. The van der Waals surface area contributed by atoms with Gasteiger partial charge in [0.05, 0.1) is 17.9 Å². The minimum atomic E-state index is -3.25. The number of sulfonamides is 1. The Labute approximate surface area is 85.4 Å². The maximum Gasteiger partial charge on any atom is 0.215 e. The molecule has 0 aromatic heterocycles. The van der Waals surface area contributed by atoms with Crippen molar-refractivity contribution < 1.29 is 8.42 Å². The molecule has 1 rings (SSSR count). The Morgan fingerprint density at radius 3 is 2.79 bits per heavy atom. The summed E-state index contributed by atoms with van der Waals surface area (Å²) in [5, 5.41) is 8.01. The molecule has 0 amide bonds. The maximum absolute atomic E-state index is 11.6. The Morgan fingerprint density at radius 1 is 1.50 bits per heavy atom. The number of nitrogens with one attached hydrogen (secondary N) is 1. The van der Waals surface area contributed by atoms with Crippen LogP contribution in [0.4, 0.5) is 0 Å². The van der Waals surface area contributed by atoms with Gasteiger partial charge in [-0.3, -0.25) is 0 Å². The van der Waals surface area contributed by atoms with Gasteiger partial charge in [0.15, 0.2) is 0 Å². The molecule has 80 valence electrons. The van der Waals surface area contributed by atoms with Crippen molar-refractivity contribution in [1.82, 2.24) is 4.72 Å². The molecule has 0 heterocycles. The average Bonchev–Trinajstić information content (AvgIpc) is 2.15. The minimum Gasteiger partial charge on any atom is -0.212 e. The van der Waals surface area contributed by atoms with Crippen molar-refractivity contribution in [2.75, 3.05) is 6.54 Å². The van der Waals surface area contributed by atoms with Crippen molar-refractivity contribution in [3.8, 4) is 6.07 Å². The largest absolute Gasteiger partial charge is 0.215 e. The highest BCUT2D eigenvalue weighted by molar-refractivity contribution is 7.90. The third-order valence-corrected chi connectivity index (χ3v) is 4.53. The van der Waals surface area contributed by atoms with Gasteiger partial charge in [0.25, 0.3) is 0 Å². The molecule has 0 saturated heterocycles. The second-order valence-corrected chi connectivity index (χ2v) is 5.96. The van der Waals surface area contributed by atoms with Gasteiger partial charge in [0, 0.05) is 0 Å². The van der Waals surface area contributed by atoms with Crippen LogP contribution in [0.5, 0.6) is 0 Å². The first-order valence-electron chi connectivity index (χ1n) is 4.91. The average molecular weight is 216 g/mol. The highest BCUT2D eigenvalue weighted by atomic mass is 32.2. The zero-order valence-corrected chi connectivity index (χ0v) is 9.18. The first-order valence-corrected chi connectivity index (χ1v) is 6.46. The smallest absolute Gasteiger partial charge is 0.212 e. The van der Waals surface area contributed by atoms with Crippen LogP contribution >= 0.6 is 0 Å². The maximum atomic E-state index is 11.6. The molecule has 5 heteroatoms. The highest BCUT2D eigenvalue weighted by Crippen LogP contribution is 2.27. The molecular weight excluding hydrogens is 200 g/mol. The van der Waals surface area contributed by atoms with E-state index in [4.69, 9.17) is 5.26 Å². The number of nitriles is 1. The quantitative estimate of drug-likeness (QED) is 0.716. The lowest BCUT2D eigenvalue weighted by Crippen LogP contribution is -2.37. The van der Waals surface area contributed by atoms with Gasteiger partial charge in [-0.2, -0.15) is 5.26 Å². The minimum absolute atomic E-state index is 0.118. The summed E-state index contributed by atoms with van der Waals surface area (Å²) >= 11 is 0. The molecule has 0 spiro atoms. The Bertz CT molecular complexity index is 318. The van der Waals surface area contributed by atoms with Gasteiger partial charge in [-0.1, -0.05) is 19.8 Å². The molecule has 0 radical (unpaired) electrons. The normalized spacial score (nSPS) is 28.3. The molecule has 2 unspecified atom stereocenters.